The molecule has 0 radical (unpaired) electrons. The van der Waals surface area contributed by atoms with Crippen molar-refractivity contribution >= 4 is 28.3 Å². The zero-order valence-electron chi connectivity index (χ0n) is 13.1. The Bertz CT molecular complexity index is 1150. The van der Waals surface area contributed by atoms with Gasteiger partial charge in [0.2, 0.25) is 0 Å². The molecule has 0 fully saturated rings. The van der Waals surface area contributed by atoms with Crippen LogP contribution in [0.4, 0.5) is 5.82 Å². The number of hydrogen-bond acceptors (Lipinski definition) is 5. The Kier molecular flexibility index (Phi) is 3.41. The first kappa shape index (κ1) is 15.2. The Morgan fingerprint density at radius 3 is 2.76 bits per heavy atom. The molecule has 1 aromatic carbocycles. The van der Waals surface area contributed by atoms with E-state index < -0.39 is 0 Å². The second-order valence-corrected chi connectivity index (χ2v) is 6.02. The monoisotopic (exact) mass is 349 g/mol. The van der Waals surface area contributed by atoms with Crippen LogP contribution in [0, 0.1) is 18.3 Å². The minimum Gasteiger partial charge on any atom is -0.381 e. The number of benzene rings is 1. The van der Waals surface area contributed by atoms with Crippen LogP contribution in [0.5, 0.6) is 0 Å². The fraction of sp³-hybridized carbons (Fsp3) is 0.0588. The number of aromatic amines is 2. The Balaban J connectivity index is 2.05. The highest BCUT2D eigenvalue weighted by Crippen LogP contribution is 2.35. The minimum absolute atomic E-state index is 0.0790. The third-order valence-electron chi connectivity index (χ3n) is 4.01. The summed E-state index contributed by atoms with van der Waals surface area (Å²) in [5.41, 5.74) is 10.4. The van der Waals surface area contributed by atoms with Gasteiger partial charge in [0, 0.05) is 28.9 Å². The van der Waals surface area contributed by atoms with Crippen molar-refractivity contribution in [3.8, 4) is 28.6 Å². The van der Waals surface area contributed by atoms with Crippen molar-refractivity contribution in [3.63, 3.8) is 0 Å². The third-order valence-corrected chi connectivity index (χ3v) is 4.31. The molecular weight excluding hydrogens is 338 g/mol. The van der Waals surface area contributed by atoms with Crippen LogP contribution in [0.15, 0.2) is 30.7 Å². The molecule has 3 heterocycles. The number of H-pyrrole nitrogens is 2. The number of halogens is 1. The number of aromatic nitrogens is 5. The number of rotatable bonds is 2. The van der Waals surface area contributed by atoms with Crippen LogP contribution in [0.1, 0.15) is 11.3 Å². The Morgan fingerprint density at radius 2 is 2.04 bits per heavy atom. The average molecular weight is 350 g/mol. The van der Waals surface area contributed by atoms with E-state index in [9.17, 15) is 5.26 Å². The largest absolute Gasteiger partial charge is 0.381 e. The van der Waals surface area contributed by atoms with Gasteiger partial charge in [0.15, 0.2) is 11.5 Å². The number of anilines is 1. The lowest BCUT2D eigenvalue weighted by Crippen LogP contribution is -2.03. The van der Waals surface area contributed by atoms with Gasteiger partial charge in [-0.05, 0) is 24.6 Å². The van der Waals surface area contributed by atoms with E-state index in [2.05, 4.69) is 25.1 Å². The van der Waals surface area contributed by atoms with E-state index in [0.717, 1.165) is 27.6 Å². The number of nitrogens with two attached hydrogens (primary N) is 1. The van der Waals surface area contributed by atoms with E-state index in [1.165, 1.54) is 0 Å². The molecular formula is C17H12ClN7. The molecule has 3 aromatic heterocycles. The van der Waals surface area contributed by atoms with Crippen LogP contribution in [-0.2, 0) is 0 Å². The van der Waals surface area contributed by atoms with E-state index in [1.54, 1.807) is 12.3 Å². The van der Waals surface area contributed by atoms with Crippen LogP contribution < -0.4 is 5.73 Å². The quantitative estimate of drug-likeness (QED) is 0.512. The molecule has 0 saturated carbocycles. The number of fused-ring (bicyclic) bond motifs is 1. The molecule has 0 amide bonds. The standard InChI is InChI=1S/C17H12ClN7/c1-8-5-21-7-11(8)16-15(23-13(4-19)17(20)24-16)9-2-10-6-22-25-14(10)12(18)3-9/h2-3,5-7,21H,1H3,(H2,20,24)(H,22,25). The smallest absolute Gasteiger partial charge is 0.183 e. The van der Waals surface area contributed by atoms with E-state index >= 15 is 0 Å². The van der Waals surface area contributed by atoms with Gasteiger partial charge < -0.3 is 10.7 Å². The van der Waals surface area contributed by atoms with Gasteiger partial charge in [0.05, 0.1) is 22.4 Å². The molecule has 8 heteroatoms. The Morgan fingerprint density at radius 1 is 1.20 bits per heavy atom. The van der Waals surface area contributed by atoms with Gasteiger partial charge in [-0.3, -0.25) is 5.10 Å². The van der Waals surface area contributed by atoms with Crippen LogP contribution >= 0.6 is 11.6 Å². The molecule has 0 bridgehead atoms. The number of nitrogen functional groups attached to an aromatic ring is 1. The molecule has 122 valence electrons. The van der Waals surface area contributed by atoms with Crippen molar-refractivity contribution in [2.75, 3.05) is 5.73 Å². The summed E-state index contributed by atoms with van der Waals surface area (Å²) in [5, 5.41) is 17.5. The normalized spacial score (nSPS) is 10.9. The molecule has 0 unspecified atom stereocenters. The van der Waals surface area contributed by atoms with Gasteiger partial charge in [-0.2, -0.15) is 10.4 Å². The van der Waals surface area contributed by atoms with E-state index in [-0.39, 0.29) is 11.5 Å². The summed E-state index contributed by atoms with van der Waals surface area (Å²) >= 11 is 6.35. The summed E-state index contributed by atoms with van der Waals surface area (Å²) in [5.74, 6) is 0.0948. The van der Waals surface area contributed by atoms with Crippen molar-refractivity contribution in [3.05, 3.63) is 47.0 Å². The fourth-order valence-corrected chi connectivity index (χ4v) is 3.04. The summed E-state index contributed by atoms with van der Waals surface area (Å²) in [6.45, 7) is 1.96. The second-order valence-electron chi connectivity index (χ2n) is 5.61. The summed E-state index contributed by atoms with van der Waals surface area (Å²) in [4.78, 5) is 11.9. The highest BCUT2D eigenvalue weighted by Gasteiger charge is 2.18. The van der Waals surface area contributed by atoms with Gasteiger partial charge in [0.25, 0.3) is 0 Å². The Labute approximate surface area is 147 Å². The summed E-state index contributed by atoms with van der Waals surface area (Å²) in [7, 11) is 0. The van der Waals surface area contributed by atoms with Crippen molar-refractivity contribution in [2.45, 2.75) is 6.92 Å². The molecule has 25 heavy (non-hydrogen) atoms. The maximum atomic E-state index is 9.28. The molecule has 4 N–H and O–H groups in total. The summed E-state index contributed by atoms with van der Waals surface area (Å²) in [6.07, 6.45) is 5.37. The topological polar surface area (TPSA) is 120 Å². The minimum atomic E-state index is 0.0790. The van der Waals surface area contributed by atoms with Crippen molar-refractivity contribution in [1.82, 2.24) is 25.1 Å². The molecule has 0 atom stereocenters. The average Bonchev–Trinajstić information content (AvgIpc) is 3.23. The lowest BCUT2D eigenvalue weighted by molar-refractivity contribution is 1.12. The van der Waals surface area contributed by atoms with Gasteiger partial charge >= 0.3 is 0 Å². The molecule has 0 spiro atoms. The molecule has 0 aliphatic carbocycles. The maximum Gasteiger partial charge on any atom is 0.183 e. The summed E-state index contributed by atoms with van der Waals surface area (Å²) < 4.78 is 0. The van der Waals surface area contributed by atoms with Crippen LogP contribution in [0.2, 0.25) is 5.02 Å². The molecule has 0 aliphatic heterocycles. The van der Waals surface area contributed by atoms with Crippen molar-refractivity contribution < 1.29 is 0 Å². The Hall–Kier alpha value is -3.37. The first-order valence-electron chi connectivity index (χ1n) is 7.43. The van der Waals surface area contributed by atoms with Crippen LogP contribution in [0.3, 0.4) is 0 Å². The number of nitrogens with zero attached hydrogens (tertiary/aromatic N) is 4. The summed E-state index contributed by atoms with van der Waals surface area (Å²) in [6, 6.07) is 5.65. The highest BCUT2D eigenvalue weighted by atomic mass is 35.5. The first-order chi connectivity index (χ1) is 12.1. The molecule has 4 rings (SSSR count). The van der Waals surface area contributed by atoms with E-state index in [0.29, 0.717) is 16.4 Å². The van der Waals surface area contributed by atoms with Gasteiger partial charge in [0.1, 0.15) is 11.8 Å². The third kappa shape index (κ3) is 2.40. The molecule has 4 aromatic rings. The SMILES string of the molecule is Cc1c[nH]cc1-c1nc(N)c(C#N)nc1-c1cc(Cl)c2[nH]ncc2c1. The predicted molar refractivity (Wildman–Crippen MR) is 95.8 cm³/mol. The molecule has 0 saturated heterocycles. The molecule has 7 nitrogen and oxygen atoms in total. The number of hydrogen-bond donors (Lipinski definition) is 3. The zero-order chi connectivity index (χ0) is 17.6. The van der Waals surface area contributed by atoms with E-state index in [4.69, 9.17) is 17.3 Å². The lowest BCUT2D eigenvalue weighted by Gasteiger charge is -2.11. The van der Waals surface area contributed by atoms with Gasteiger partial charge in [-0.25, -0.2) is 9.97 Å². The van der Waals surface area contributed by atoms with Crippen LogP contribution in [-0.4, -0.2) is 25.1 Å². The first-order valence-corrected chi connectivity index (χ1v) is 7.80. The van der Waals surface area contributed by atoms with Crippen molar-refractivity contribution in [1.29, 1.82) is 5.26 Å². The van der Waals surface area contributed by atoms with Crippen molar-refractivity contribution in [2.24, 2.45) is 0 Å². The second kappa shape index (κ2) is 5.61. The molecule has 0 aliphatic rings. The van der Waals surface area contributed by atoms with Crippen LogP contribution in [0.25, 0.3) is 33.4 Å². The fourth-order valence-electron chi connectivity index (χ4n) is 2.77. The maximum absolute atomic E-state index is 9.28. The number of nitriles is 1. The number of nitrogens with one attached hydrogen (secondary N) is 2. The highest BCUT2D eigenvalue weighted by molar-refractivity contribution is 6.35. The van der Waals surface area contributed by atoms with Gasteiger partial charge in [-0.15, -0.1) is 0 Å². The predicted octanol–water partition coefficient (Wildman–Crippen LogP) is 3.43. The van der Waals surface area contributed by atoms with E-state index in [1.807, 2.05) is 31.5 Å². The van der Waals surface area contributed by atoms with Gasteiger partial charge in [-0.1, -0.05) is 11.6 Å². The zero-order valence-corrected chi connectivity index (χ0v) is 13.9. The lowest BCUT2D eigenvalue weighted by atomic mass is 10.0. The number of aryl methyl sites for hydroxylation is 1.